The summed E-state index contributed by atoms with van der Waals surface area (Å²) in [6.45, 7) is 0.404. The number of hydrogen-bond donors (Lipinski definition) is 1. The molecule has 82 valence electrons. The van der Waals surface area contributed by atoms with Crippen LogP contribution in [0.1, 0.15) is 5.56 Å². The first-order chi connectivity index (χ1) is 7.75. The third-order valence-electron chi connectivity index (χ3n) is 2.00. The van der Waals surface area contributed by atoms with Crippen molar-refractivity contribution >= 4 is 12.2 Å². The smallest absolute Gasteiger partial charge is 0.251 e. The molecule has 16 heavy (non-hydrogen) atoms. The lowest BCUT2D eigenvalue weighted by molar-refractivity contribution is 0.0900. The van der Waals surface area contributed by atoms with E-state index in [1.165, 1.54) is 17.0 Å². The van der Waals surface area contributed by atoms with Crippen molar-refractivity contribution < 1.29 is 4.84 Å². The number of nitrogens with zero attached hydrogens (tertiary/aromatic N) is 1. The van der Waals surface area contributed by atoms with Gasteiger partial charge in [0.25, 0.3) is 5.56 Å². The molecule has 0 spiro atoms. The number of aromatic amines is 1. The third kappa shape index (κ3) is 2.58. The fourth-order valence-corrected chi connectivity index (χ4v) is 1.44. The van der Waals surface area contributed by atoms with E-state index in [1.54, 1.807) is 0 Å². The molecule has 0 atom stereocenters. The molecule has 2 aromatic rings. The van der Waals surface area contributed by atoms with Gasteiger partial charge in [0, 0.05) is 6.07 Å². The van der Waals surface area contributed by atoms with Gasteiger partial charge in [-0.3, -0.25) is 9.78 Å². The maximum atomic E-state index is 10.9. The normalized spacial score (nSPS) is 10.0. The van der Waals surface area contributed by atoms with E-state index in [2.05, 4.69) is 4.98 Å². The summed E-state index contributed by atoms with van der Waals surface area (Å²) < 4.78 is 1.62. The van der Waals surface area contributed by atoms with Crippen molar-refractivity contribution in [3.63, 3.8) is 0 Å². The number of hydrogen-bond acceptors (Lipinski definition) is 3. The Morgan fingerprint density at radius 3 is 2.69 bits per heavy atom. The summed E-state index contributed by atoms with van der Waals surface area (Å²) in [7, 11) is 0. The van der Waals surface area contributed by atoms with Crippen molar-refractivity contribution in [3.05, 3.63) is 63.3 Å². The summed E-state index contributed by atoms with van der Waals surface area (Å²) in [6.07, 6.45) is 1.50. The Hall–Kier alpha value is -1.88. The van der Waals surface area contributed by atoms with Gasteiger partial charge in [-0.05, 0) is 17.8 Å². The fraction of sp³-hybridized carbons (Fsp3) is 0.0909. The lowest BCUT2D eigenvalue weighted by Crippen LogP contribution is -2.17. The molecule has 0 aliphatic carbocycles. The summed E-state index contributed by atoms with van der Waals surface area (Å²) in [6, 6.07) is 11.1. The lowest BCUT2D eigenvalue weighted by atomic mass is 10.2. The standard InChI is InChI=1S/C11H10N2O2S/c14-10-6-7-13(11(16)12-10)15-8-9-4-2-1-3-5-9/h1-7H,8H2,(H,12,14,16). The molecule has 0 radical (unpaired) electrons. The van der Waals surface area contributed by atoms with Gasteiger partial charge in [-0.1, -0.05) is 30.3 Å². The van der Waals surface area contributed by atoms with Crippen LogP contribution in [0.25, 0.3) is 0 Å². The summed E-state index contributed by atoms with van der Waals surface area (Å²) in [5.74, 6) is 0. The molecule has 0 aliphatic rings. The van der Waals surface area contributed by atoms with Crippen LogP contribution in [0.3, 0.4) is 0 Å². The molecule has 4 nitrogen and oxygen atoms in total. The van der Waals surface area contributed by atoms with E-state index >= 15 is 0 Å². The molecule has 0 fully saturated rings. The van der Waals surface area contributed by atoms with Gasteiger partial charge in [-0.15, -0.1) is 0 Å². The van der Waals surface area contributed by atoms with E-state index in [1.807, 2.05) is 30.3 Å². The van der Waals surface area contributed by atoms with Gasteiger partial charge in [-0.2, -0.15) is 4.73 Å². The molecule has 0 bridgehead atoms. The average molecular weight is 234 g/mol. The summed E-state index contributed by atoms with van der Waals surface area (Å²) in [4.78, 5) is 18.8. The van der Waals surface area contributed by atoms with Crippen LogP contribution in [0.15, 0.2) is 47.4 Å². The monoisotopic (exact) mass is 234 g/mol. The molecule has 2 rings (SSSR count). The maximum absolute atomic E-state index is 10.9. The molecule has 0 aliphatic heterocycles. The van der Waals surface area contributed by atoms with Crippen LogP contribution in [0, 0.1) is 4.77 Å². The van der Waals surface area contributed by atoms with Crippen LogP contribution >= 0.6 is 12.2 Å². The SMILES string of the molecule is O=c1ccn(OCc2ccccc2)c(=S)[nH]1. The van der Waals surface area contributed by atoms with Crippen molar-refractivity contribution in [1.29, 1.82) is 0 Å². The Morgan fingerprint density at radius 2 is 2.00 bits per heavy atom. The van der Waals surface area contributed by atoms with Crippen LogP contribution in [-0.2, 0) is 6.61 Å². The molecule has 0 amide bonds. The Balaban J connectivity index is 2.11. The van der Waals surface area contributed by atoms with Crippen LogP contribution < -0.4 is 10.4 Å². The summed E-state index contributed by atoms with van der Waals surface area (Å²) in [5.41, 5.74) is 0.806. The topological polar surface area (TPSA) is 47.0 Å². The molecule has 0 saturated heterocycles. The minimum Gasteiger partial charge on any atom is -0.407 e. The zero-order chi connectivity index (χ0) is 11.4. The highest BCUT2D eigenvalue weighted by Crippen LogP contribution is 1.98. The van der Waals surface area contributed by atoms with E-state index in [0.29, 0.717) is 6.61 Å². The highest BCUT2D eigenvalue weighted by molar-refractivity contribution is 7.71. The summed E-state index contributed by atoms with van der Waals surface area (Å²) in [5, 5.41) is 0. The van der Waals surface area contributed by atoms with Crippen molar-refractivity contribution in [2.45, 2.75) is 6.61 Å². The molecule has 0 saturated carbocycles. The number of aromatic nitrogens is 2. The lowest BCUT2D eigenvalue weighted by Gasteiger charge is -2.08. The Kier molecular flexibility index (Phi) is 3.16. The van der Waals surface area contributed by atoms with Crippen LogP contribution in [0.2, 0.25) is 0 Å². The second-order valence-electron chi connectivity index (χ2n) is 3.19. The molecule has 1 N–H and O–H groups in total. The Morgan fingerprint density at radius 1 is 1.25 bits per heavy atom. The second-order valence-corrected chi connectivity index (χ2v) is 3.58. The average Bonchev–Trinajstić information content (AvgIpc) is 2.29. The van der Waals surface area contributed by atoms with Gasteiger partial charge in [0.05, 0.1) is 6.20 Å². The minimum absolute atomic E-state index is 0.232. The van der Waals surface area contributed by atoms with Crippen LogP contribution in [0.5, 0.6) is 0 Å². The predicted octanol–water partition coefficient (Wildman–Crippen LogP) is 1.53. The van der Waals surface area contributed by atoms with E-state index < -0.39 is 0 Å². The first-order valence-corrected chi connectivity index (χ1v) is 5.16. The van der Waals surface area contributed by atoms with Crippen LogP contribution in [-0.4, -0.2) is 9.71 Å². The second kappa shape index (κ2) is 4.76. The Labute approximate surface area is 97.1 Å². The van der Waals surface area contributed by atoms with Gasteiger partial charge in [0.1, 0.15) is 6.61 Å². The molecule has 0 unspecified atom stereocenters. The number of nitrogens with one attached hydrogen (secondary N) is 1. The van der Waals surface area contributed by atoms with Gasteiger partial charge in [0.15, 0.2) is 0 Å². The van der Waals surface area contributed by atoms with E-state index in [0.717, 1.165) is 5.56 Å². The van der Waals surface area contributed by atoms with Crippen LogP contribution in [0.4, 0.5) is 0 Å². The molecule has 1 heterocycles. The predicted molar refractivity (Wildman–Crippen MR) is 62.6 cm³/mol. The maximum Gasteiger partial charge on any atom is 0.251 e. The number of H-pyrrole nitrogens is 1. The third-order valence-corrected chi connectivity index (χ3v) is 2.29. The first-order valence-electron chi connectivity index (χ1n) is 4.75. The highest BCUT2D eigenvalue weighted by atomic mass is 32.1. The van der Waals surface area contributed by atoms with Crippen molar-refractivity contribution in [2.75, 3.05) is 0 Å². The number of rotatable bonds is 3. The fourth-order valence-electron chi connectivity index (χ4n) is 1.23. The van der Waals surface area contributed by atoms with Gasteiger partial charge < -0.3 is 4.84 Å². The zero-order valence-electron chi connectivity index (χ0n) is 8.42. The number of benzene rings is 1. The van der Waals surface area contributed by atoms with Crippen molar-refractivity contribution in [3.8, 4) is 0 Å². The molecule has 1 aromatic carbocycles. The minimum atomic E-state index is -0.232. The van der Waals surface area contributed by atoms with Gasteiger partial charge >= 0.3 is 0 Å². The molecular weight excluding hydrogens is 224 g/mol. The molecule has 1 aromatic heterocycles. The van der Waals surface area contributed by atoms with Crippen molar-refractivity contribution in [2.24, 2.45) is 0 Å². The van der Waals surface area contributed by atoms with Gasteiger partial charge in [0.2, 0.25) is 4.77 Å². The largest absolute Gasteiger partial charge is 0.407 e. The highest BCUT2D eigenvalue weighted by Gasteiger charge is 1.95. The van der Waals surface area contributed by atoms with Crippen molar-refractivity contribution in [1.82, 2.24) is 9.71 Å². The molecule has 5 heteroatoms. The summed E-state index contributed by atoms with van der Waals surface area (Å²) >= 11 is 4.94. The van der Waals surface area contributed by atoms with E-state index in [-0.39, 0.29) is 10.3 Å². The zero-order valence-corrected chi connectivity index (χ0v) is 9.24. The Bertz CT molecular complexity index is 574. The first kappa shape index (κ1) is 10.6. The van der Waals surface area contributed by atoms with E-state index in [4.69, 9.17) is 17.1 Å². The quantitative estimate of drug-likeness (QED) is 0.819. The van der Waals surface area contributed by atoms with Gasteiger partial charge in [-0.25, -0.2) is 0 Å². The molecular formula is C11H10N2O2S. The van der Waals surface area contributed by atoms with E-state index in [9.17, 15) is 4.79 Å².